The van der Waals surface area contributed by atoms with Crippen LogP contribution in [-0.4, -0.2) is 11.9 Å². The summed E-state index contributed by atoms with van der Waals surface area (Å²) in [7, 11) is 0. The number of halogens is 1. The number of carbonyl (C=O) groups is 2. The summed E-state index contributed by atoms with van der Waals surface area (Å²) in [4.78, 5) is 22.4. The summed E-state index contributed by atoms with van der Waals surface area (Å²) in [5.74, 6) is 0.358. The summed E-state index contributed by atoms with van der Waals surface area (Å²) in [5, 5.41) is 5.32. The third-order valence-electron chi connectivity index (χ3n) is 3.50. The van der Waals surface area contributed by atoms with Crippen molar-refractivity contribution in [2.24, 2.45) is 0 Å². The van der Waals surface area contributed by atoms with E-state index in [0.717, 1.165) is 16.9 Å². The SMILES string of the molecule is O=C1NC(=O)/C(=C/Cc2ccc(OCc3ccc(Cl)cc3)cc2)N1. The number of allylic oxidation sites excluding steroid dienone is 1. The van der Waals surface area contributed by atoms with Crippen LogP contribution < -0.4 is 15.4 Å². The van der Waals surface area contributed by atoms with Gasteiger partial charge in [-0.1, -0.05) is 41.9 Å². The maximum absolute atomic E-state index is 11.4. The fourth-order valence-corrected chi connectivity index (χ4v) is 2.34. The second kappa shape index (κ2) is 7.19. The number of nitrogens with one attached hydrogen (secondary N) is 2. The molecule has 2 N–H and O–H groups in total. The van der Waals surface area contributed by atoms with Gasteiger partial charge in [0.1, 0.15) is 18.1 Å². The molecule has 0 unspecified atom stereocenters. The Hall–Kier alpha value is -2.79. The van der Waals surface area contributed by atoms with Gasteiger partial charge in [-0.05, 0) is 41.8 Å². The van der Waals surface area contributed by atoms with E-state index in [1.165, 1.54) is 0 Å². The first kappa shape index (κ1) is 16.1. The maximum atomic E-state index is 11.4. The highest BCUT2D eigenvalue weighted by molar-refractivity contribution is 6.30. The number of carbonyl (C=O) groups excluding carboxylic acids is 2. The molecule has 0 bridgehead atoms. The number of ether oxygens (including phenoxy) is 1. The van der Waals surface area contributed by atoms with E-state index in [0.29, 0.717) is 18.1 Å². The maximum Gasteiger partial charge on any atom is 0.326 e. The molecule has 3 rings (SSSR count). The second-order valence-corrected chi connectivity index (χ2v) is 5.73. The Morgan fingerprint density at radius 3 is 2.21 bits per heavy atom. The van der Waals surface area contributed by atoms with Crippen LogP contribution in [-0.2, 0) is 17.8 Å². The summed E-state index contributed by atoms with van der Waals surface area (Å²) in [6, 6.07) is 14.6. The summed E-state index contributed by atoms with van der Waals surface area (Å²) < 4.78 is 5.72. The molecular weight excluding hydrogens is 328 g/mol. The molecule has 122 valence electrons. The van der Waals surface area contributed by atoms with E-state index in [-0.39, 0.29) is 5.70 Å². The fraction of sp³-hybridized carbons (Fsp3) is 0.111. The minimum absolute atomic E-state index is 0.281. The van der Waals surface area contributed by atoms with Crippen molar-refractivity contribution in [2.75, 3.05) is 0 Å². The van der Waals surface area contributed by atoms with Gasteiger partial charge in [-0.25, -0.2) is 4.79 Å². The van der Waals surface area contributed by atoms with Gasteiger partial charge in [-0.15, -0.1) is 0 Å². The van der Waals surface area contributed by atoms with Crippen molar-refractivity contribution < 1.29 is 14.3 Å². The van der Waals surface area contributed by atoms with Gasteiger partial charge >= 0.3 is 6.03 Å². The number of rotatable bonds is 5. The normalized spacial score (nSPS) is 15.3. The van der Waals surface area contributed by atoms with E-state index in [4.69, 9.17) is 16.3 Å². The van der Waals surface area contributed by atoms with Crippen molar-refractivity contribution in [3.8, 4) is 5.75 Å². The second-order valence-electron chi connectivity index (χ2n) is 5.29. The average molecular weight is 343 g/mol. The smallest absolute Gasteiger partial charge is 0.326 e. The van der Waals surface area contributed by atoms with E-state index in [1.54, 1.807) is 6.08 Å². The highest BCUT2D eigenvalue weighted by Crippen LogP contribution is 2.16. The van der Waals surface area contributed by atoms with Gasteiger partial charge < -0.3 is 10.1 Å². The first-order valence-corrected chi connectivity index (χ1v) is 7.76. The highest BCUT2D eigenvalue weighted by atomic mass is 35.5. The molecule has 0 radical (unpaired) electrons. The zero-order valence-corrected chi connectivity index (χ0v) is 13.5. The monoisotopic (exact) mass is 342 g/mol. The van der Waals surface area contributed by atoms with Crippen molar-refractivity contribution in [3.63, 3.8) is 0 Å². The molecule has 1 heterocycles. The Bertz CT molecular complexity index is 783. The molecule has 6 heteroatoms. The van der Waals surface area contributed by atoms with Crippen LogP contribution >= 0.6 is 11.6 Å². The van der Waals surface area contributed by atoms with Crippen molar-refractivity contribution in [1.82, 2.24) is 10.6 Å². The van der Waals surface area contributed by atoms with Gasteiger partial charge in [0, 0.05) is 5.02 Å². The molecule has 0 spiro atoms. The van der Waals surface area contributed by atoms with E-state index >= 15 is 0 Å². The summed E-state index contributed by atoms with van der Waals surface area (Å²) in [5.41, 5.74) is 2.33. The number of benzene rings is 2. The fourth-order valence-electron chi connectivity index (χ4n) is 2.21. The molecule has 2 aromatic rings. The lowest BCUT2D eigenvalue weighted by Gasteiger charge is -2.07. The number of hydrogen-bond acceptors (Lipinski definition) is 3. The molecule has 0 aliphatic carbocycles. The van der Waals surface area contributed by atoms with Crippen LogP contribution in [0.25, 0.3) is 0 Å². The lowest BCUT2D eigenvalue weighted by atomic mass is 10.1. The Morgan fingerprint density at radius 2 is 1.58 bits per heavy atom. The number of imide groups is 1. The first-order valence-electron chi connectivity index (χ1n) is 7.39. The highest BCUT2D eigenvalue weighted by Gasteiger charge is 2.22. The zero-order valence-electron chi connectivity index (χ0n) is 12.7. The molecule has 0 saturated carbocycles. The van der Waals surface area contributed by atoms with Gasteiger partial charge in [0.25, 0.3) is 5.91 Å². The van der Waals surface area contributed by atoms with E-state index in [1.807, 2.05) is 48.5 Å². The van der Waals surface area contributed by atoms with E-state index in [2.05, 4.69) is 10.6 Å². The van der Waals surface area contributed by atoms with Crippen molar-refractivity contribution in [3.05, 3.63) is 76.5 Å². The van der Waals surface area contributed by atoms with Gasteiger partial charge in [-0.2, -0.15) is 0 Å². The third-order valence-corrected chi connectivity index (χ3v) is 3.76. The van der Waals surface area contributed by atoms with Gasteiger partial charge in [0.15, 0.2) is 0 Å². The Kier molecular flexibility index (Phi) is 4.82. The summed E-state index contributed by atoms with van der Waals surface area (Å²) >= 11 is 5.85. The number of amides is 3. The lowest BCUT2D eigenvalue weighted by molar-refractivity contribution is -0.115. The molecule has 1 aliphatic heterocycles. The van der Waals surface area contributed by atoms with E-state index < -0.39 is 11.9 Å². The van der Waals surface area contributed by atoms with Crippen molar-refractivity contribution in [1.29, 1.82) is 0 Å². The minimum Gasteiger partial charge on any atom is -0.489 e. The predicted octanol–water partition coefficient (Wildman–Crippen LogP) is 3.18. The van der Waals surface area contributed by atoms with Crippen LogP contribution in [0.5, 0.6) is 5.75 Å². The molecule has 24 heavy (non-hydrogen) atoms. The topological polar surface area (TPSA) is 67.4 Å². The zero-order chi connectivity index (χ0) is 16.9. The van der Waals surface area contributed by atoms with Crippen LogP contribution in [0.1, 0.15) is 11.1 Å². The van der Waals surface area contributed by atoms with Crippen LogP contribution in [0.3, 0.4) is 0 Å². The standard InChI is InChI=1S/C18H15ClN2O3/c19-14-6-1-13(2-7-14)11-24-15-8-3-12(4-9-15)5-10-16-17(22)21-18(23)20-16/h1-4,6-10H,5,11H2,(H2,20,21,22,23)/b16-10-. The van der Waals surface area contributed by atoms with Gasteiger partial charge in [0.2, 0.25) is 0 Å². The van der Waals surface area contributed by atoms with E-state index in [9.17, 15) is 9.59 Å². The Morgan fingerprint density at radius 1 is 0.917 bits per heavy atom. The molecule has 5 nitrogen and oxygen atoms in total. The van der Waals surface area contributed by atoms with Crippen molar-refractivity contribution in [2.45, 2.75) is 13.0 Å². The quantitative estimate of drug-likeness (QED) is 0.647. The molecule has 0 aromatic heterocycles. The van der Waals surface area contributed by atoms with Crippen LogP contribution in [0, 0.1) is 0 Å². The van der Waals surface area contributed by atoms with Crippen molar-refractivity contribution >= 4 is 23.5 Å². The number of urea groups is 1. The van der Waals surface area contributed by atoms with Crippen LogP contribution in [0.15, 0.2) is 60.3 Å². The molecule has 2 aromatic carbocycles. The Balaban J connectivity index is 1.55. The van der Waals surface area contributed by atoms with Crippen LogP contribution in [0.4, 0.5) is 4.79 Å². The Labute approximate surface area is 144 Å². The van der Waals surface area contributed by atoms with Crippen LogP contribution in [0.2, 0.25) is 5.02 Å². The molecule has 1 aliphatic rings. The van der Waals surface area contributed by atoms with Gasteiger partial charge in [-0.3, -0.25) is 10.1 Å². The molecule has 0 atom stereocenters. The average Bonchev–Trinajstić information content (AvgIpc) is 2.91. The third kappa shape index (κ3) is 4.14. The summed E-state index contributed by atoms with van der Waals surface area (Å²) in [6.07, 6.45) is 2.23. The predicted molar refractivity (Wildman–Crippen MR) is 90.7 cm³/mol. The molecular formula is C18H15ClN2O3. The lowest BCUT2D eigenvalue weighted by Crippen LogP contribution is -2.22. The molecule has 3 amide bonds. The van der Waals surface area contributed by atoms with Gasteiger partial charge in [0.05, 0.1) is 0 Å². The first-order chi connectivity index (χ1) is 11.6. The number of hydrogen-bond donors (Lipinski definition) is 2. The minimum atomic E-state index is -0.489. The molecule has 1 saturated heterocycles. The summed E-state index contributed by atoms with van der Waals surface area (Å²) in [6.45, 7) is 0.465. The molecule has 1 fully saturated rings. The largest absolute Gasteiger partial charge is 0.489 e.